The van der Waals surface area contributed by atoms with Crippen molar-refractivity contribution in [2.45, 2.75) is 45.9 Å². The lowest BCUT2D eigenvalue weighted by Crippen LogP contribution is -2.45. The van der Waals surface area contributed by atoms with Crippen molar-refractivity contribution in [3.63, 3.8) is 0 Å². The molecule has 6 heteroatoms. The molecule has 0 aliphatic carbocycles. The molecule has 6 nitrogen and oxygen atoms in total. The normalized spacial score (nSPS) is 21.8. The van der Waals surface area contributed by atoms with Gasteiger partial charge in [0.1, 0.15) is 17.3 Å². The summed E-state index contributed by atoms with van der Waals surface area (Å²) in [5.41, 5.74) is 0.535. The van der Waals surface area contributed by atoms with Crippen molar-refractivity contribution in [3.05, 3.63) is 47.5 Å². The fraction of sp³-hybridized carbons (Fsp3) is 0.474. The molecule has 2 aromatic heterocycles. The summed E-state index contributed by atoms with van der Waals surface area (Å²) in [5, 5.41) is 2.93. The van der Waals surface area contributed by atoms with E-state index in [2.05, 4.69) is 29.0 Å². The number of nitrogens with zero attached hydrogens (tertiary/aromatic N) is 2. The monoisotopic (exact) mass is 343 g/mol. The number of pyridine rings is 1. The number of morpholine rings is 1. The maximum atomic E-state index is 12.4. The van der Waals surface area contributed by atoms with Gasteiger partial charge >= 0.3 is 0 Å². The van der Waals surface area contributed by atoms with Gasteiger partial charge in [-0.25, -0.2) is 4.98 Å². The van der Waals surface area contributed by atoms with Crippen LogP contribution in [0.4, 0.5) is 5.82 Å². The molecule has 0 radical (unpaired) electrons. The lowest BCUT2D eigenvalue weighted by atomic mass is 10.2. The van der Waals surface area contributed by atoms with E-state index in [0.29, 0.717) is 5.56 Å². The Morgan fingerprint density at radius 1 is 1.24 bits per heavy atom. The standard InChI is InChI=1S/C19H25N3O3/c1-12-5-7-17(25-12)15(4)21-19(23)16-6-8-18(20-9-16)22-10-13(2)24-14(3)11-22/h5-9,13-15H,10-11H2,1-4H3,(H,21,23)/t13-,14-,15-/m0/s1. The Kier molecular flexibility index (Phi) is 5.08. The van der Waals surface area contributed by atoms with Gasteiger partial charge < -0.3 is 19.4 Å². The molecule has 3 rings (SSSR count). The van der Waals surface area contributed by atoms with Gasteiger partial charge in [-0.3, -0.25) is 4.79 Å². The number of aromatic nitrogens is 1. The first kappa shape index (κ1) is 17.5. The van der Waals surface area contributed by atoms with Gasteiger partial charge in [-0.15, -0.1) is 0 Å². The number of nitrogens with one attached hydrogen (secondary N) is 1. The van der Waals surface area contributed by atoms with Crippen LogP contribution in [-0.4, -0.2) is 36.2 Å². The number of hydrogen-bond donors (Lipinski definition) is 1. The number of amides is 1. The molecule has 1 aliphatic rings. The molecular weight excluding hydrogens is 318 g/mol. The van der Waals surface area contributed by atoms with Crippen molar-refractivity contribution in [2.75, 3.05) is 18.0 Å². The Morgan fingerprint density at radius 3 is 2.52 bits per heavy atom. The van der Waals surface area contributed by atoms with E-state index in [1.54, 1.807) is 6.20 Å². The van der Waals surface area contributed by atoms with Crippen molar-refractivity contribution < 1.29 is 13.9 Å². The van der Waals surface area contributed by atoms with Gasteiger partial charge in [-0.05, 0) is 52.0 Å². The zero-order chi connectivity index (χ0) is 18.0. The first-order valence-corrected chi connectivity index (χ1v) is 8.66. The molecule has 25 heavy (non-hydrogen) atoms. The predicted octanol–water partition coefficient (Wildman–Crippen LogP) is 3.09. The summed E-state index contributed by atoms with van der Waals surface area (Å²) in [6.07, 6.45) is 1.97. The maximum absolute atomic E-state index is 12.4. The topological polar surface area (TPSA) is 67.6 Å². The molecule has 1 fully saturated rings. The van der Waals surface area contributed by atoms with Crippen LogP contribution in [-0.2, 0) is 4.74 Å². The van der Waals surface area contributed by atoms with Crippen LogP contribution in [0.15, 0.2) is 34.9 Å². The fourth-order valence-electron chi connectivity index (χ4n) is 3.11. The third-order valence-corrected chi connectivity index (χ3v) is 4.29. The molecule has 1 N–H and O–H groups in total. The molecule has 0 bridgehead atoms. The van der Waals surface area contributed by atoms with Crippen molar-refractivity contribution in [2.24, 2.45) is 0 Å². The first-order chi connectivity index (χ1) is 11.9. The summed E-state index contributed by atoms with van der Waals surface area (Å²) in [6.45, 7) is 9.50. The van der Waals surface area contributed by atoms with E-state index in [1.807, 2.05) is 38.1 Å². The Hall–Kier alpha value is -2.34. The SMILES string of the molecule is Cc1ccc([C@H](C)NC(=O)c2ccc(N3C[C@H](C)O[C@@H](C)C3)nc2)o1. The van der Waals surface area contributed by atoms with Crippen molar-refractivity contribution >= 4 is 11.7 Å². The van der Waals surface area contributed by atoms with E-state index >= 15 is 0 Å². The van der Waals surface area contributed by atoms with Gasteiger partial charge in [0.25, 0.3) is 5.91 Å². The molecule has 1 saturated heterocycles. The van der Waals surface area contributed by atoms with E-state index in [9.17, 15) is 4.79 Å². The minimum Gasteiger partial charge on any atom is -0.464 e. The van der Waals surface area contributed by atoms with Gasteiger partial charge in [-0.2, -0.15) is 0 Å². The Bertz CT molecular complexity index is 716. The first-order valence-electron chi connectivity index (χ1n) is 8.66. The van der Waals surface area contributed by atoms with Gasteiger partial charge in [0.15, 0.2) is 0 Å². The number of carbonyl (C=O) groups is 1. The van der Waals surface area contributed by atoms with E-state index in [-0.39, 0.29) is 24.2 Å². The molecule has 3 atom stereocenters. The zero-order valence-electron chi connectivity index (χ0n) is 15.2. The third kappa shape index (κ3) is 4.20. The summed E-state index contributed by atoms with van der Waals surface area (Å²) < 4.78 is 11.3. The van der Waals surface area contributed by atoms with Crippen LogP contribution >= 0.6 is 0 Å². The van der Waals surface area contributed by atoms with E-state index < -0.39 is 0 Å². The molecule has 1 aliphatic heterocycles. The van der Waals surface area contributed by atoms with Crippen LogP contribution in [0.2, 0.25) is 0 Å². The van der Waals surface area contributed by atoms with Gasteiger partial charge in [0, 0.05) is 19.3 Å². The Labute approximate surface area is 148 Å². The van der Waals surface area contributed by atoms with E-state index in [4.69, 9.17) is 9.15 Å². The van der Waals surface area contributed by atoms with Gasteiger partial charge in [0.05, 0.1) is 23.8 Å². The van der Waals surface area contributed by atoms with Gasteiger partial charge in [0.2, 0.25) is 0 Å². The molecule has 0 spiro atoms. The second-order valence-corrected chi connectivity index (χ2v) is 6.71. The fourth-order valence-corrected chi connectivity index (χ4v) is 3.11. The minimum atomic E-state index is -0.193. The summed E-state index contributed by atoms with van der Waals surface area (Å²) in [4.78, 5) is 19.1. The maximum Gasteiger partial charge on any atom is 0.253 e. The lowest BCUT2D eigenvalue weighted by molar-refractivity contribution is -0.00546. The van der Waals surface area contributed by atoms with Crippen molar-refractivity contribution in [1.29, 1.82) is 0 Å². The average Bonchev–Trinajstić information content (AvgIpc) is 3.00. The molecule has 2 aromatic rings. The van der Waals surface area contributed by atoms with Crippen molar-refractivity contribution in [1.82, 2.24) is 10.3 Å². The van der Waals surface area contributed by atoms with Gasteiger partial charge in [-0.1, -0.05) is 0 Å². The summed E-state index contributed by atoms with van der Waals surface area (Å²) >= 11 is 0. The Morgan fingerprint density at radius 2 is 1.96 bits per heavy atom. The van der Waals surface area contributed by atoms with Crippen LogP contribution in [0.1, 0.15) is 48.7 Å². The number of carbonyl (C=O) groups excluding carboxylic acids is 1. The van der Waals surface area contributed by atoms with Crippen molar-refractivity contribution in [3.8, 4) is 0 Å². The summed E-state index contributed by atoms with van der Waals surface area (Å²) in [6, 6.07) is 7.27. The molecular formula is C19H25N3O3. The molecule has 134 valence electrons. The highest BCUT2D eigenvalue weighted by molar-refractivity contribution is 5.94. The number of aryl methyl sites for hydroxylation is 1. The number of hydrogen-bond acceptors (Lipinski definition) is 5. The smallest absolute Gasteiger partial charge is 0.253 e. The summed E-state index contributed by atoms with van der Waals surface area (Å²) in [5.74, 6) is 2.28. The average molecular weight is 343 g/mol. The minimum absolute atomic E-state index is 0.163. The molecule has 0 unspecified atom stereocenters. The van der Waals surface area contributed by atoms with E-state index in [1.165, 1.54) is 0 Å². The molecule has 1 amide bonds. The third-order valence-electron chi connectivity index (χ3n) is 4.29. The highest BCUT2D eigenvalue weighted by atomic mass is 16.5. The van der Waals surface area contributed by atoms with Crippen LogP contribution in [0.3, 0.4) is 0 Å². The van der Waals surface area contributed by atoms with Crippen LogP contribution in [0.5, 0.6) is 0 Å². The quantitative estimate of drug-likeness (QED) is 0.924. The summed E-state index contributed by atoms with van der Waals surface area (Å²) in [7, 11) is 0. The van der Waals surface area contributed by atoms with Crippen LogP contribution in [0.25, 0.3) is 0 Å². The number of anilines is 1. The highest BCUT2D eigenvalue weighted by Crippen LogP contribution is 2.19. The second kappa shape index (κ2) is 7.27. The molecule has 3 heterocycles. The largest absolute Gasteiger partial charge is 0.464 e. The number of ether oxygens (including phenoxy) is 1. The van der Waals surface area contributed by atoms with E-state index in [0.717, 1.165) is 30.4 Å². The van der Waals surface area contributed by atoms with Crippen LogP contribution < -0.4 is 10.2 Å². The number of rotatable bonds is 4. The van der Waals surface area contributed by atoms with Crippen LogP contribution in [0, 0.1) is 6.92 Å². The lowest BCUT2D eigenvalue weighted by Gasteiger charge is -2.36. The highest BCUT2D eigenvalue weighted by Gasteiger charge is 2.23. The number of furan rings is 1. The zero-order valence-corrected chi connectivity index (χ0v) is 15.2. The second-order valence-electron chi connectivity index (χ2n) is 6.71. The molecule has 0 saturated carbocycles. The molecule has 0 aromatic carbocycles. The Balaban J connectivity index is 1.64. The predicted molar refractivity (Wildman–Crippen MR) is 95.8 cm³/mol.